The molecule has 0 unspecified atom stereocenters. The average Bonchev–Trinajstić information content (AvgIpc) is 2.64. The van der Waals surface area contributed by atoms with Gasteiger partial charge in [0.2, 0.25) is 11.9 Å². The van der Waals surface area contributed by atoms with Crippen LogP contribution in [0.15, 0.2) is 18.2 Å². The smallest absolute Gasteiger partial charge is 0.248 e. The Morgan fingerprint density at radius 1 is 1.50 bits per heavy atom. The molecule has 80 valence electrons. The first-order chi connectivity index (χ1) is 7.69. The van der Waals surface area contributed by atoms with Crippen LogP contribution in [0.3, 0.4) is 0 Å². The predicted molar refractivity (Wildman–Crippen MR) is 63.5 cm³/mol. The molecule has 0 aliphatic heterocycles. The molecule has 0 fully saturated rings. The summed E-state index contributed by atoms with van der Waals surface area (Å²) in [6.45, 7) is 0. The summed E-state index contributed by atoms with van der Waals surface area (Å²) in [6, 6.07) is 5.22. The van der Waals surface area contributed by atoms with Crippen molar-refractivity contribution in [2.24, 2.45) is 0 Å². The third-order valence-corrected chi connectivity index (χ3v) is 2.20. The van der Waals surface area contributed by atoms with Gasteiger partial charge >= 0.3 is 0 Å². The summed E-state index contributed by atoms with van der Waals surface area (Å²) in [5.74, 6) is 3.09. The molecule has 0 saturated heterocycles. The van der Waals surface area contributed by atoms with E-state index in [0.717, 1.165) is 5.69 Å². The minimum absolute atomic E-state index is 0.244. The number of aromatic nitrogens is 3. The Morgan fingerprint density at radius 3 is 2.88 bits per heavy atom. The van der Waals surface area contributed by atoms with E-state index < -0.39 is 0 Å². The van der Waals surface area contributed by atoms with Gasteiger partial charge in [0, 0.05) is 11.3 Å². The molecule has 0 amide bonds. The van der Waals surface area contributed by atoms with Crippen LogP contribution in [0, 0.1) is 12.3 Å². The zero-order chi connectivity index (χ0) is 11.5. The van der Waals surface area contributed by atoms with Crippen molar-refractivity contribution in [2.75, 3.05) is 11.1 Å². The average molecular weight is 234 g/mol. The number of nitrogen functional groups attached to an aromatic ring is 1. The van der Waals surface area contributed by atoms with Gasteiger partial charge in [-0.25, -0.2) is 5.10 Å². The molecule has 1 aromatic heterocycles. The van der Waals surface area contributed by atoms with Gasteiger partial charge in [-0.1, -0.05) is 17.5 Å². The van der Waals surface area contributed by atoms with E-state index in [9.17, 15) is 0 Å². The number of benzene rings is 1. The third kappa shape index (κ3) is 2.07. The van der Waals surface area contributed by atoms with Crippen LogP contribution in [-0.4, -0.2) is 15.2 Å². The minimum Gasteiger partial charge on any atom is -0.368 e. The number of hydrogen-bond donors (Lipinski definition) is 3. The number of aromatic amines is 1. The Bertz CT molecular complexity index is 555. The lowest BCUT2D eigenvalue weighted by Gasteiger charge is -2.03. The molecule has 0 saturated carbocycles. The maximum absolute atomic E-state index is 5.95. The molecule has 0 aliphatic rings. The lowest BCUT2D eigenvalue weighted by Crippen LogP contribution is -1.93. The number of rotatable bonds is 2. The van der Waals surface area contributed by atoms with Crippen LogP contribution in [-0.2, 0) is 0 Å². The summed E-state index contributed by atoms with van der Waals surface area (Å²) in [5.41, 5.74) is 6.77. The fraction of sp³-hybridized carbons (Fsp3) is 0. The van der Waals surface area contributed by atoms with Crippen molar-refractivity contribution in [3.05, 3.63) is 28.8 Å². The van der Waals surface area contributed by atoms with Crippen molar-refractivity contribution >= 4 is 29.2 Å². The predicted octanol–water partition coefficient (Wildman–Crippen LogP) is 1.77. The maximum Gasteiger partial charge on any atom is 0.248 e. The number of terminal acetylenes is 1. The monoisotopic (exact) mass is 233 g/mol. The quantitative estimate of drug-likeness (QED) is 0.691. The van der Waals surface area contributed by atoms with Crippen molar-refractivity contribution in [1.29, 1.82) is 0 Å². The molecule has 5 nitrogen and oxygen atoms in total. The van der Waals surface area contributed by atoms with E-state index >= 15 is 0 Å². The fourth-order valence-corrected chi connectivity index (χ4v) is 1.40. The summed E-state index contributed by atoms with van der Waals surface area (Å²) >= 11 is 5.95. The first kappa shape index (κ1) is 10.3. The van der Waals surface area contributed by atoms with Gasteiger partial charge < -0.3 is 11.1 Å². The zero-order valence-electron chi connectivity index (χ0n) is 8.16. The molecular formula is C10H8ClN5. The van der Waals surface area contributed by atoms with Gasteiger partial charge in [-0.15, -0.1) is 11.5 Å². The van der Waals surface area contributed by atoms with E-state index in [-0.39, 0.29) is 5.95 Å². The Labute approximate surface area is 97.0 Å². The van der Waals surface area contributed by atoms with Crippen molar-refractivity contribution < 1.29 is 0 Å². The molecule has 6 heteroatoms. The normalized spacial score (nSPS) is 9.75. The Balaban J connectivity index is 2.23. The highest BCUT2D eigenvalue weighted by atomic mass is 35.5. The molecule has 1 aromatic carbocycles. The van der Waals surface area contributed by atoms with E-state index in [1.54, 1.807) is 18.2 Å². The number of H-pyrrole nitrogens is 1. The maximum atomic E-state index is 5.95. The number of nitrogens with two attached hydrogens (primary N) is 1. The van der Waals surface area contributed by atoms with Crippen LogP contribution >= 0.6 is 11.6 Å². The second-order valence-electron chi connectivity index (χ2n) is 3.01. The molecule has 0 spiro atoms. The van der Waals surface area contributed by atoms with E-state index in [1.807, 2.05) is 0 Å². The van der Waals surface area contributed by atoms with E-state index in [4.69, 9.17) is 23.8 Å². The summed E-state index contributed by atoms with van der Waals surface area (Å²) in [4.78, 5) is 3.89. The molecule has 0 radical (unpaired) electrons. The third-order valence-electron chi connectivity index (χ3n) is 1.88. The van der Waals surface area contributed by atoms with Gasteiger partial charge in [-0.2, -0.15) is 4.98 Å². The van der Waals surface area contributed by atoms with Gasteiger partial charge in [-0.3, -0.25) is 0 Å². The van der Waals surface area contributed by atoms with E-state index in [0.29, 0.717) is 16.5 Å². The zero-order valence-corrected chi connectivity index (χ0v) is 8.92. The van der Waals surface area contributed by atoms with Crippen molar-refractivity contribution in [2.45, 2.75) is 0 Å². The summed E-state index contributed by atoms with van der Waals surface area (Å²) in [7, 11) is 0. The van der Waals surface area contributed by atoms with Gasteiger partial charge in [0.05, 0.1) is 5.02 Å². The highest BCUT2D eigenvalue weighted by molar-refractivity contribution is 6.32. The van der Waals surface area contributed by atoms with Gasteiger partial charge in [-0.05, 0) is 18.2 Å². The Hall–Kier alpha value is -2.19. The lowest BCUT2D eigenvalue weighted by atomic mass is 10.2. The van der Waals surface area contributed by atoms with Crippen LogP contribution in [0.2, 0.25) is 5.02 Å². The SMILES string of the molecule is C#Cc1ccc(Nc2n[nH]c(N)n2)cc1Cl. The molecule has 1 heterocycles. The molecule has 2 rings (SSSR count). The van der Waals surface area contributed by atoms with Crippen molar-refractivity contribution in [1.82, 2.24) is 15.2 Å². The molecule has 4 N–H and O–H groups in total. The molecule has 0 bridgehead atoms. The molecule has 0 atom stereocenters. The molecule has 2 aromatic rings. The largest absolute Gasteiger partial charge is 0.368 e. The van der Waals surface area contributed by atoms with Gasteiger partial charge in [0.25, 0.3) is 0 Å². The first-order valence-electron chi connectivity index (χ1n) is 4.40. The van der Waals surface area contributed by atoms with Crippen LogP contribution in [0.4, 0.5) is 17.6 Å². The number of nitrogens with zero attached hydrogens (tertiary/aromatic N) is 2. The highest BCUT2D eigenvalue weighted by Crippen LogP contribution is 2.21. The van der Waals surface area contributed by atoms with Crippen molar-refractivity contribution in [3.8, 4) is 12.3 Å². The summed E-state index contributed by atoms with van der Waals surface area (Å²) in [6.07, 6.45) is 5.26. The Kier molecular flexibility index (Phi) is 2.66. The number of halogens is 1. The van der Waals surface area contributed by atoms with E-state index in [2.05, 4.69) is 26.4 Å². The number of anilines is 3. The Morgan fingerprint density at radius 2 is 2.31 bits per heavy atom. The number of hydrogen-bond acceptors (Lipinski definition) is 4. The fourth-order valence-electron chi connectivity index (χ4n) is 1.17. The van der Waals surface area contributed by atoms with Gasteiger partial charge in [0.1, 0.15) is 0 Å². The molecule has 16 heavy (non-hydrogen) atoms. The van der Waals surface area contributed by atoms with Crippen LogP contribution in [0.1, 0.15) is 5.56 Å². The standard InChI is InChI=1S/C10H8ClN5/c1-2-6-3-4-7(5-8(6)11)13-10-14-9(12)15-16-10/h1,3-5H,(H4,12,13,14,15,16). The highest BCUT2D eigenvalue weighted by Gasteiger charge is 2.03. The van der Waals surface area contributed by atoms with E-state index in [1.165, 1.54) is 0 Å². The topological polar surface area (TPSA) is 79.6 Å². The first-order valence-corrected chi connectivity index (χ1v) is 4.78. The summed E-state index contributed by atoms with van der Waals surface area (Å²) in [5, 5.41) is 9.77. The summed E-state index contributed by atoms with van der Waals surface area (Å²) < 4.78 is 0. The minimum atomic E-state index is 0.244. The second kappa shape index (κ2) is 4.13. The van der Waals surface area contributed by atoms with Crippen LogP contribution in [0.25, 0.3) is 0 Å². The molecular weight excluding hydrogens is 226 g/mol. The van der Waals surface area contributed by atoms with Crippen LogP contribution < -0.4 is 11.1 Å². The molecule has 0 aliphatic carbocycles. The van der Waals surface area contributed by atoms with Crippen LogP contribution in [0.5, 0.6) is 0 Å². The number of nitrogens with one attached hydrogen (secondary N) is 2. The van der Waals surface area contributed by atoms with Crippen molar-refractivity contribution in [3.63, 3.8) is 0 Å². The van der Waals surface area contributed by atoms with Gasteiger partial charge in [0.15, 0.2) is 0 Å². The lowest BCUT2D eigenvalue weighted by molar-refractivity contribution is 1.10. The second-order valence-corrected chi connectivity index (χ2v) is 3.42.